The minimum Gasteiger partial charge on any atom is -0.368 e. The van der Waals surface area contributed by atoms with E-state index in [-0.39, 0.29) is 5.54 Å². The number of rotatable bonds is 2. The second-order valence-electron chi connectivity index (χ2n) is 3.18. The molecular formula is C8H14N4. The molecule has 1 aromatic heterocycles. The van der Waals surface area contributed by atoms with Gasteiger partial charge in [-0.25, -0.2) is 9.97 Å². The molecule has 1 aromatic rings. The second kappa shape index (κ2) is 3.06. The van der Waals surface area contributed by atoms with E-state index >= 15 is 0 Å². The molecule has 1 heterocycles. The smallest absolute Gasteiger partial charge is 0.220 e. The summed E-state index contributed by atoms with van der Waals surface area (Å²) in [6, 6.07) is 1.85. The lowest BCUT2D eigenvalue weighted by Crippen LogP contribution is -2.34. The Balaban J connectivity index is 3.03. The van der Waals surface area contributed by atoms with Gasteiger partial charge in [0.05, 0.1) is 11.2 Å². The Morgan fingerprint density at radius 1 is 1.50 bits per heavy atom. The molecule has 0 unspecified atom stereocenters. The maximum absolute atomic E-state index is 5.46. The van der Waals surface area contributed by atoms with Gasteiger partial charge in [-0.1, -0.05) is 0 Å². The fourth-order valence-corrected chi connectivity index (χ4v) is 0.850. The maximum atomic E-state index is 5.46. The van der Waals surface area contributed by atoms with Crippen molar-refractivity contribution in [1.82, 2.24) is 15.3 Å². The predicted molar refractivity (Wildman–Crippen MR) is 48.5 cm³/mol. The monoisotopic (exact) mass is 166 g/mol. The quantitative estimate of drug-likeness (QED) is 0.672. The molecule has 66 valence electrons. The van der Waals surface area contributed by atoms with E-state index in [0.717, 1.165) is 5.69 Å². The van der Waals surface area contributed by atoms with Crippen LogP contribution in [0.2, 0.25) is 0 Å². The highest BCUT2D eigenvalue weighted by Crippen LogP contribution is 2.16. The molecule has 1 rings (SSSR count). The molecule has 12 heavy (non-hydrogen) atoms. The Morgan fingerprint density at radius 3 is 2.67 bits per heavy atom. The Bertz CT molecular complexity index is 270. The number of aromatic nitrogens is 2. The highest BCUT2D eigenvalue weighted by Gasteiger charge is 2.19. The zero-order chi connectivity index (χ0) is 9.19. The van der Waals surface area contributed by atoms with E-state index in [9.17, 15) is 0 Å². The lowest BCUT2D eigenvalue weighted by Gasteiger charge is -2.22. The van der Waals surface area contributed by atoms with Crippen molar-refractivity contribution in [2.24, 2.45) is 0 Å². The molecular weight excluding hydrogens is 152 g/mol. The summed E-state index contributed by atoms with van der Waals surface area (Å²) in [6.07, 6.45) is 1.66. The number of nitrogens with one attached hydrogen (secondary N) is 1. The van der Waals surface area contributed by atoms with Gasteiger partial charge in [0.2, 0.25) is 5.95 Å². The third kappa shape index (κ3) is 1.71. The Hall–Kier alpha value is -1.16. The molecule has 0 aliphatic rings. The van der Waals surface area contributed by atoms with E-state index in [2.05, 4.69) is 15.3 Å². The van der Waals surface area contributed by atoms with Crippen LogP contribution in [0, 0.1) is 0 Å². The number of hydrogen-bond donors (Lipinski definition) is 2. The molecule has 0 bridgehead atoms. The van der Waals surface area contributed by atoms with Gasteiger partial charge >= 0.3 is 0 Å². The van der Waals surface area contributed by atoms with Crippen LogP contribution < -0.4 is 11.1 Å². The van der Waals surface area contributed by atoms with Crippen LogP contribution in [0.15, 0.2) is 12.3 Å². The van der Waals surface area contributed by atoms with Crippen molar-refractivity contribution in [3.63, 3.8) is 0 Å². The third-order valence-electron chi connectivity index (χ3n) is 1.94. The number of anilines is 1. The topological polar surface area (TPSA) is 63.8 Å². The maximum Gasteiger partial charge on any atom is 0.220 e. The average Bonchev–Trinajstić information content (AvgIpc) is 2.05. The summed E-state index contributed by atoms with van der Waals surface area (Å²) in [6.45, 7) is 4.07. The second-order valence-corrected chi connectivity index (χ2v) is 3.18. The normalized spacial score (nSPS) is 11.6. The lowest BCUT2D eigenvalue weighted by atomic mass is 10.0. The fourth-order valence-electron chi connectivity index (χ4n) is 0.850. The van der Waals surface area contributed by atoms with Gasteiger partial charge in [0.25, 0.3) is 0 Å². The van der Waals surface area contributed by atoms with E-state index in [4.69, 9.17) is 5.73 Å². The van der Waals surface area contributed by atoms with Gasteiger partial charge in [0.15, 0.2) is 0 Å². The minimum atomic E-state index is -0.156. The van der Waals surface area contributed by atoms with Crippen molar-refractivity contribution in [1.29, 1.82) is 0 Å². The van der Waals surface area contributed by atoms with Crippen LogP contribution in [0.5, 0.6) is 0 Å². The summed E-state index contributed by atoms with van der Waals surface area (Å²) in [7, 11) is 1.89. The summed E-state index contributed by atoms with van der Waals surface area (Å²) >= 11 is 0. The van der Waals surface area contributed by atoms with Crippen LogP contribution in [-0.2, 0) is 5.54 Å². The van der Waals surface area contributed by atoms with E-state index in [1.165, 1.54) is 0 Å². The van der Waals surface area contributed by atoms with Gasteiger partial charge in [-0.2, -0.15) is 0 Å². The highest BCUT2D eigenvalue weighted by atomic mass is 15.0. The molecule has 4 heteroatoms. The minimum absolute atomic E-state index is 0.156. The summed E-state index contributed by atoms with van der Waals surface area (Å²) < 4.78 is 0. The van der Waals surface area contributed by atoms with Crippen molar-refractivity contribution >= 4 is 5.95 Å². The SMILES string of the molecule is CNC(C)(C)c1ccnc(N)n1. The molecule has 0 atom stereocenters. The summed E-state index contributed by atoms with van der Waals surface area (Å²) in [5, 5.41) is 3.14. The number of nitrogen functional groups attached to an aromatic ring is 1. The standard InChI is InChI=1S/C8H14N4/c1-8(2,10-3)6-4-5-11-7(9)12-6/h4-5,10H,1-3H3,(H2,9,11,12). The van der Waals surface area contributed by atoms with Crippen molar-refractivity contribution in [3.05, 3.63) is 18.0 Å². The summed E-state index contributed by atoms with van der Waals surface area (Å²) in [5.74, 6) is 0.316. The zero-order valence-electron chi connectivity index (χ0n) is 7.63. The predicted octanol–water partition coefficient (Wildman–Crippen LogP) is 0.513. The van der Waals surface area contributed by atoms with Gasteiger partial charge in [0.1, 0.15) is 0 Å². The van der Waals surface area contributed by atoms with Gasteiger partial charge in [-0.05, 0) is 27.0 Å². The molecule has 3 N–H and O–H groups in total. The van der Waals surface area contributed by atoms with Crippen LogP contribution in [0.1, 0.15) is 19.5 Å². The molecule has 0 fully saturated rings. The average molecular weight is 166 g/mol. The van der Waals surface area contributed by atoms with Gasteiger partial charge in [-0.15, -0.1) is 0 Å². The van der Waals surface area contributed by atoms with Crippen molar-refractivity contribution in [2.45, 2.75) is 19.4 Å². The van der Waals surface area contributed by atoms with Gasteiger partial charge in [0, 0.05) is 6.20 Å². The summed E-state index contributed by atoms with van der Waals surface area (Å²) in [4.78, 5) is 7.95. The molecule has 4 nitrogen and oxygen atoms in total. The van der Waals surface area contributed by atoms with Crippen LogP contribution >= 0.6 is 0 Å². The fraction of sp³-hybridized carbons (Fsp3) is 0.500. The van der Waals surface area contributed by atoms with E-state index in [1.807, 2.05) is 27.0 Å². The lowest BCUT2D eigenvalue weighted by molar-refractivity contribution is 0.431. The van der Waals surface area contributed by atoms with Gasteiger partial charge in [-0.3, -0.25) is 0 Å². The van der Waals surface area contributed by atoms with Crippen LogP contribution in [0.25, 0.3) is 0 Å². The first kappa shape index (κ1) is 8.93. The number of nitrogens with zero attached hydrogens (tertiary/aromatic N) is 2. The highest BCUT2D eigenvalue weighted by molar-refractivity contribution is 5.21. The number of hydrogen-bond acceptors (Lipinski definition) is 4. The van der Waals surface area contributed by atoms with Crippen LogP contribution in [-0.4, -0.2) is 17.0 Å². The van der Waals surface area contributed by atoms with Crippen molar-refractivity contribution < 1.29 is 0 Å². The largest absolute Gasteiger partial charge is 0.368 e. The molecule has 0 radical (unpaired) electrons. The zero-order valence-corrected chi connectivity index (χ0v) is 7.63. The van der Waals surface area contributed by atoms with E-state index in [0.29, 0.717) is 5.95 Å². The molecule has 0 aliphatic carbocycles. The molecule has 0 amide bonds. The van der Waals surface area contributed by atoms with Crippen molar-refractivity contribution in [2.75, 3.05) is 12.8 Å². The number of nitrogens with two attached hydrogens (primary N) is 1. The Labute approximate surface area is 72.2 Å². The van der Waals surface area contributed by atoms with Crippen LogP contribution in [0.3, 0.4) is 0 Å². The molecule has 0 saturated heterocycles. The van der Waals surface area contributed by atoms with Crippen molar-refractivity contribution in [3.8, 4) is 0 Å². The van der Waals surface area contributed by atoms with Crippen LogP contribution in [0.4, 0.5) is 5.95 Å². The first-order chi connectivity index (χ1) is 5.56. The molecule has 0 spiro atoms. The molecule has 0 saturated carbocycles. The van der Waals surface area contributed by atoms with E-state index in [1.54, 1.807) is 6.20 Å². The summed E-state index contributed by atoms with van der Waals surface area (Å²) in [5.41, 5.74) is 6.20. The van der Waals surface area contributed by atoms with E-state index < -0.39 is 0 Å². The molecule has 0 aliphatic heterocycles. The molecule has 0 aromatic carbocycles. The third-order valence-corrected chi connectivity index (χ3v) is 1.94. The first-order valence-corrected chi connectivity index (χ1v) is 3.84. The Kier molecular flexibility index (Phi) is 2.28. The first-order valence-electron chi connectivity index (χ1n) is 3.84. The van der Waals surface area contributed by atoms with Gasteiger partial charge < -0.3 is 11.1 Å². The Morgan fingerprint density at radius 2 is 2.17 bits per heavy atom.